The molecule has 12 heteroatoms. The molecule has 1 saturated heterocycles. The van der Waals surface area contributed by atoms with Crippen LogP contribution >= 0.6 is 0 Å². The number of nitrogens with zero attached hydrogens (tertiary/aromatic N) is 5. The van der Waals surface area contributed by atoms with Gasteiger partial charge in [0.15, 0.2) is 5.82 Å². The number of rotatable bonds is 6. The number of hydrogen-bond acceptors (Lipinski definition) is 8. The molecular weight excluding hydrogens is 577 g/mol. The fourth-order valence-corrected chi connectivity index (χ4v) is 5.60. The quantitative estimate of drug-likeness (QED) is 0.296. The SMILES string of the molecule is CC1=NOC(C)C1c1ccc2c(N3CCOCC3)nc(-c3ccc(NC(=O)Nc4ccc(C(=O)N(C)C)cc4)c(F)c3)nc2c1. The number of nitrogens with one attached hydrogen (secondary N) is 2. The van der Waals surface area contributed by atoms with Crippen molar-refractivity contribution in [3.63, 3.8) is 0 Å². The molecule has 1 fully saturated rings. The zero-order chi connectivity index (χ0) is 31.7. The van der Waals surface area contributed by atoms with Gasteiger partial charge in [-0.1, -0.05) is 11.2 Å². The predicted molar refractivity (Wildman–Crippen MR) is 171 cm³/mol. The van der Waals surface area contributed by atoms with Gasteiger partial charge in [0.05, 0.1) is 36.0 Å². The number of carbonyl (C=O) groups is 2. The molecule has 45 heavy (non-hydrogen) atoms. The van der Waals surface area contributed by atoms with E-state index < -0.39 is 11.8 Å². The topological polar surface area (TPSA) is 121 Å². The van der Waals surface area contributed by atoms with E-state index in [9.17, 15) is 9.59 Å². The molecule has 2 N–H and O–H groups in total. The Hall–Kier alpha value is -5.10. The summed E-state index contributed by atoms with van der Waals surface area (Å²) in [5.41, 5.74) is 4.07. The van der Waals surface area contributed by atoms with Crippen LogP contribution in [0.25, 0.3) is 22.3 Å². The summed E-state index contributed by atoms with van der Waals surface area (Å²) in [5, 5.41) is 10.3. The second kappa shape index (κ2) is 12.5. The number of oxime groups is 1. The van der Waals surface area contributed by atoms with Crippen molar-refractivity contribution in [2.24, 2.45) is 5.16 Å². The molecule has 0 radical (unpaired) electrons. The van der Waals surface area contributed by atoms with Gasteiger partial charge < -0.3 is 30.0 Å². The fourth-order valence-electron chi connectivity index (χ4n) is 5.60. The first-order valence-electron chi connectivity index (χ1n) is 14.7. The molecule has 2 aliphatic heterocycles. The molecule has 4 aromatic rings. The molecule has 2 unspecified atom stereocenters. The minimum Gasteiger partial charge on any atom is -0.392 e. The monoisotopic (exact) mass is 611 g/mol. The zero-order valence-corrected chi connectivity index (χ0v) is 25.5. The highest BCUT2D eigenvalue weighted by molar-refractivity contribution is 6.01. The number of halogens is 1. The number of morpholine rings is 1. The van der Waals surface area contributed by atoms with Crippen molar-refractivity contribution in [2.75, 3.05) is 55.9 Å². The number of benzene rings is 3. The highest BCUT2D eigenvalue weighted by atomic mass is 19.1. The third-order valence-electron chi connectivity index (χ3n) is 7.92. The van der Waals surface area contributed by atoms with Crippen LogP contribution in [0.1, 0.15) is 35.7 Å². The van der Waals surface area contributed by atoms with Crippen LogP contribution in [-0.4, -0.2) is 79.0 Å². The first-order valence-corrected chi connectivity index (χ1v) is 14.7. The van der Waals surface area contributed by atoms with Gasteiger partial charge in [0.25, 0.3) is 5.91 Å². The number of urea groups is 1. The Morgan fingerprint density at radius 1 is 0.978 bits per heavy atom. The number of carbonyl (C=O) groups excluding carboxylic acids is 2. The van der Waals surface area contributed by atoms with Crippen LogP contribution in [0.15, 0.2) is 65.8 Å². The lowest BCUT2D eigenvalue weighted by atomic mass is 9.90. The van der Waals surface area contributed by atoms with Crippen molar-refractivity contribution in [1.82, 2.24) is 14.9 Å². The molecule has 3 heterocycles. The molecule has 0 spiro atoms. The number of fused-ring (bicyclic) bond motifs is 1. The first-order chi connectivity index (χ1) is 21.7. The number of aromatic nitrogens is 2. The third kappa shape index (κ3) is 6.27. The number of hydrogen-bond donors (Lipinski definition) is 2. The van der Waals surface area contributed by atoms with E-state index in [2.05, 4.69) is 26.8 Å². The maximum Gasteiger partial charge on any atom is 0.323 e. The normalized spacial score (nSPS) is 17.9. The van der Waals surface area contributed by atoms with Crippen LogP contribution in [-0.2, 0) is 9.57 Å². The number of ether oxygens (including phenoxy) is 1. The van der Waals surface area contributed by atoms with E-state index in [1.807, 2.05) is 26.0 Å². The lowest BCUT2D eigenvalue weighted by Crippen LogP contribution is -2.37. The summed E-state index contributed by atoms with van der Waals surface area (Å²) in [7, 11) is 3.33. The van der Waals surface area contributed by atoms with E-state index in [-0.39, 0.29) is 23.6 Å². The molecule has 1 aromatic heterocycles. The lowest BCUT2D eigenvalue weighted by molar-refractivity contribution is 0.0827. The summed E-state index contributed by atoms with van der Waals surface area (Å²) in [4.78, 5) is 43.6. The van der Waals surface area contributed by atoms with Crippen LogP contribution in [0.2, 0.25) is 0 Å². The van der Waals surface area contributed by atoms with Crippen molar-refractivity contribution in [3.05, 3.63) is 77.6 Å². The smallest absolute Gasteiger partial charge is 0.323 e. The summed E-state index contributed by atoms with van der Waals surface area (Å²) >= 11 is 0. The summed E-state index contributed by atoms with van der Waals surface area (Å²) in [6.07, 6.45) is -0.0968. The Bertz CT molecular complexity index is 1790. The van der Waals surface area contributed by atoms with Crippen molar-refractivity contribution in [3.8, 4) is 11.4 Å². The first kappa shape index (κ1) is 29.9. The molecule has 232 valence electrons. The Morgan fingerprint density at radius 3 is 2.40 bits per heavy atom. The van der Waals surface area contributed by atoms with Gasteiger partial charge in [0.1, 0.15) is 17.7 Å². The zero-order valence-electron chi connectivity index (χ0n) is 25.5. The molecule has 2 atom stereocenters. The maximum absolute atomic E-state index is 15.4. The molecular formula is C33H34FN7O4. The molecule has 11 nitrogen and oxygen atoms in total. The van der Waals surface area contributed by atoms with Gasteiger partial charge in [-0.05, 0) is 74.0 Å². The van der Waals surface area contributed by atoms with E-state index in [1.165, 1.54) is 17.0 Å². The lowest BCUT2D eigenvalue weighted by Gasteiger charge is -2.29. The van der Waals surface area contributed by atoms with Crippen LogP contribution < -0.4 is 15.5 Å². The fraction of sp³-hybridized carbons (Fsp3) is 0.303. The van der Waals surface area contributed by atoms with Gasteiger partial charge in [-0.3, -0.25) is 4.79 Å². The van der Waals surface area contributed by atoms with E-state index >= 15 is 4.39 Å². The predicted octanol–water partition coefficient (Wildman–Crippen LogP) is 5.50. The highest BCUT2D eigenvalue weighted by Gasteiger charge is 2.30. The Balaban J connectivity index is 1.26. The van der Waals surface area contributed by atoms with Crippen LogP contribution in [0.5, 0.6) is 0 Å². The highest BCUT2D eigenvalue weighted by Crippen LogP contribution is 2.34. The van der Waals surface area contributed by atoms with E-state index in [0.717, 1.165) is 28.0 Å². The minimum atomic E-state index is -0.635. The molecule has 0 aliphatic carbocycles. The Morgan fingerprint density at radius 2 is 1.73 bits per heavy atom. The van der Waals surface area contributed by atoms with Gasteiger partial charge in [-0.25, -0.2) is 19.2 Å². The standard InChI is InChI=1S/C33H34FN7O4/c1-19-29(20(2)45-39-19)22-7-11-25-28(18-22)36-30(38-31(25)41-13-15-44-16-14-41)23-8-12-27(26(34)17-23)37-33(43)35-24-9-5-21(6-10-24)32(42)40(3)4/h5-12,17-18,20,29H,13-16H2,1-4H3,(H2,35,37,43). The van der Waals surface area contributed by atoms with E-state index in [4.69, 9.17) is 19.5 Å². The van der Waals surface area contributed by atoms with Crippen molar-refractivity contribution >= 4 is 45.7 Å². The summed E-state index contributed by atoms with van der Waals surface area (Å²) in [6, 6.07) is 16.4. The summed E-state index contributed by atoms with van der Waals surface area (Å²) in [5.74, 6) is 0.343. The summed E-state index contributed by atoms with van der Waals surface area (Å²) in [6.45, 7) is 6.46. The van der Waals surface area contributed by atoms with E-state index in [1.54, 1.807) is 44.4 Å². The van der Waals surface area contributed by atoms with Gasteiger partial charge in [0.2, 0.25) is 0 Å². The van der Waals surface area contributed by atoms with Crippen molar-refractivity contribution in [1.29, 1.82) is 0 Å². The van der Waals surface area contributed by atoms with Crippen LogP contribution in [0, 0.1) is 5.82 Å². The van der Waals surface area contributed by atoms with Gasteiger partial charge >= 0.3 is 6.03 Å². The van der Waals surface area contributed by atoms with Gasteiger partial charge in [-0.15, -0.1) is 0 Å². The average molecular weight is 612 g/mol. The molecule has 0 saturated carbocycles. The van der Waals surface area contributed by atoms with Gasteiger partial charge in [-0.2, -0.15) is 0 Å². The molecule has 3 aromatic carbocycles. The molecule has 2 aliphatic rings. The number of amides is 3. The average Bonchev–Trinajstić information content (AvgIpc) is 3.38. The second-order valence-electron chi connectivity index (χ2n) is 11.3. The van der Waals surface area contributed by atoms with Crippen molar-refractivity contribution < 1.29 is 23.6 Å². The molecule has 3 amide bonds. The van der Waals surface area contributed by atoms with Crippen molar-refractivity contribution in [2.45, 2.75) is 25.9 Å². The van der Waals surface area contributed by atoms with Crippen LogP contribution in [0.4, 0.5) is 26.4 Å². The molecule has 0 bridgehead atoms. The van der Waals surface area contributed by atoms with Crippen LogP contribution in [0.3, 0.4) is 0 Å². The maximum atomic E-state index is 15.4. The van der Waals surface area contributed by atoms with E-state index in [0.29, 0.717) is 48.9 Å². The van der Waals surface area contributed by atoms with Gasteiger partial charge in [0, 0.05) is 49.4 Å². The Kier molecular flexibility index (Phi) is 8.31. The summed E-state index contributed by atoms with van der Waals surface area (Å²) < 4.78 is 20.9. The Labute approximate surface area is 260 Å². The third-order valence-corrected chi connectivity index (χ3v) is 7.92. The second-order valence-corrected chi connectivity index (χ2v) is 11.3. The number of anilines is 3. The largest absolute Gasteiger partial charge is 0.392 e. The minimum absolute atomic E-state index is 0.00267. The molecule has 6 rings (SSSR count).